The van der Waals surface area contributed by atoms with Crippen molar-refractivity contribution in [1.82, 2.24) is 24.9 Å². The minimum Gasteiger partial charge on any atom is -0.389 e. The monoisotopic (exact) mass is 561 g/mol. The fourth-order valence-electron chi connectivity index (χ4n) is 6.44. The van der Waals surface area contributed by atoms with Crippen molar-refractivity contribution in [1.29, 1.82) is 5.26 Å². The number of anilines is 3. The molecule has 5 heterocycles. The molecule has 2 unspecified atom stereocenters. The zero-order chi connectivity index (χ0) is 28.0. The first-order valence-corrected chi connectivity index (χ1v) is 15.3. The van der Waals surface area contributed by atoms with Crippen LogP contribution in [0.2, 0.25) is 0 Å². The highest BCUT2D eigenvalue weighted by molar-refractivity contribution is 7.16. The highest BCUT2D eigenvalue weighted by Gasteiger charge is 2.33. The number of fused-ring (bicyclic) bond motifs is 1. The van der Waals surface area contributed by atoms with Gasteiger partial charge in [-0.05, 0) is 58.7 Å². The van der Waals surface area contributed by atoms with Crippen molar-refractivity contribution in [2.24, 2.45) is 0 Å². The molecule has 2 aliphatic heterocycles. The zero-order valence-corrected chi connectivity index (χ0v) is 24.7. The van der Waals surface area contributed by atoms with Crippen LogP contribution in [-0.4, -0.2) is 89.9 Å². The lowest BCUT2D eigenvalue weighted by Crippen LogP contribution is -2.51. The highest BCUT2D eigenvalue weighted by Crippen LogP contribution is 2.44. The van der Waals surface area contributed by atoms with E-state index in [1.54, 1.807) is 0 Å². The van der Waals surface area contributed by atoms with E-state index in [-0.39, 0.29) is 5.92 Å². The predicted molar refractivity (Wildman–Crippen MR) is 159 cm³/mol. The van der Waals surface area contributed by atoms with Crippen molar-refractivity contribution in [3.63, 3.8) is 0 Å². The Labute approximate surface area is 240 Å². The molecule has 1 aliphatic carbocycles. The molecule has 2 saturated heterocycles. The molecule has 40 heavy (non-hydrogen) atoms. The van der Waals surface area contributed by atoms with Gasteiger partial charge in [-0.15, -0.1) is 11.3 Å². The molecule has 0 amide bonds. The summed E-state index contributed by atoms with van der Waals surface area (Å²) >= 11 is 1.52. The normalized spacial score (nSPS) is 22.5. The minimum absolute atomic E-state index is 0.113. The molecular weight excluding hydrogens is 522 g/mol. The van der Waals surface area contributed by atoms with Crippen LogP contribution in [0.15, 0.2) is 16.7 Å². The summed E-state index contributed by atoms with van der Waals surface area (Å²) in [5.41, 5.74) is 9.61. The van der Waals surface area contributed by atoms with E-state index in [0.29, 0.717) is 34.4 Å². The summed E-state index contributed by atoms with van der Waals surface area (Å²) in [6, 6.07) is 7.56. The lowest BCUT2D eigenvalue weighted by Gasteiger charge is -2.40. The topological polar surface area (TPSA) is 115 Å². The Balaban J connectivity index is 1.35. The number of nitrogens with zero attached hydrogens (tertiary/aromatic N) is 8. The molecule has 0 spiro atoms. The summed E-state index contributed by atoms with van der Waals surface area (Å²) in [5, 5.41) is 14.8. The molecule has 2 atom stereocenters. The number of rotatable bonds is 5. The summed E-state index contributed by atoms with van der Waals surface area (Å²) in [7, 11) is 2.17. The van der Waals surface area contributed by atoms with Gasteiger partial charge in [0.1, 0.15) is 22.6 Å². The van der Waals surface area contributed by atoms with Gasteiger partial charge in [-0.2, -0.15) is 10.2 Å². The van der Waals surface area contributed by atoms with Crippen LogP contribution in [-0.2, 0) is 6.42 Å². The first kappa shape index (κ1) is 27.0. The molecule has 3 aromatic heterocycles. The van der Waals surface area contributed by atoms with Crippen molar-refractivity contribution in [3.05, 3.63) is 34.0 Å². The van der Waals surface area contributed by atoms with Gasteiger partial charge >= 0.3 is 0 Å². The number of aryl methyl sites for hydroxylation is 1. The number of pyridine rings is 1. The first-order chi connectivity index (χ1) is 19.3. The molecule has 2 N–H and O–H groups in total. The van der Waals surface area contributed by atoms with Crippen LogP contribution in [0.4, 0.5) is 16.5 Å². The molecule has 3 aliphatic rings. The Bertz CT molecular complexity index is 1400. The zero-order valence-electron chi connectivity index (χ0n) is 23.9. The van der Waals surface area contributed by atoms with Gasteiger partial charge in [0.15, 0.2) is 0 Å². The molecule has 6 rings (SSSR count). The summed E-state index contributed by atoms with van der Waals surface area (Å²) in [5.74, 6) is 1.88. The Morgan fingerprint density at radius 1 is 1.12 bits per heavy atom. The number of nitriles is 1. The largest absolute Gasteiger partial charge is 0.389 e. The van der Waals surface area contributed by atoms with Crippen molar-refractivity contribution >= 4 is 27.8 Å². The number of aromatic nitrogens is 3. The Morgan fingerprint density at radius 2 is 1.93 bits per heavy atom. The van der Waals surface area contributed by atoms with Crippen LogP contribution in [0.3, 0.4) is 0 Å². The Hall–Kier alpha value is -3.20. The van der Waals surface area contributed by atoms with E-state index in [4.69, 9.17) is 20.2 Å². The van der Waals surface area contributed by atoms with Crippen molar-refractivity contribution < 1.29 is 4.52 Å². The van der Waals surface area contributed by atoms with Gasteiger partial charge < -0.3 is 25.0 Å². The number of nitrogen functional groups attached to an aromatic ring is 1. The number of thiophene rings is 1. The third kappa shape index (κ3) is 5.04. The maximum atomic E-state index is 9.79. The van der Waals surface area contributed by atoms with Gasteiger partial charge in [0, 0.05) is 74.5 Å². The van der Waals surface area contributed by atoms with Gasteiger partial charge in [-0.1, -0.05) is 5.16 Å². The molecule has 0 aromatic carbocycles. The molecule has 0 saturated carbocycles. The molecular formula is C29H39N9OS. The average molecular weight is 562 g/mol. The number of hydrogen-bond donors (Lipinski definition) is 1. The fourth-order valence-corrected chi connectivity index (χ4v) is 7.57. The number of nitrogens with two attached hydrogens (primary N) is 1. The van der Waals surface area contributed by atoms with Crippen molar-refractivity contribution in [3.8, 4) is 17.6 Å². The van der Waals surface area contributed by atoms with Crippen molar-refractivity contribution in [2.75, 3.05) is 68.4 Å². The molecule has 10 nitrogen and oxygen atoms in total. The van der Waals surface area contributed by atoms with Crippen LogP contribution in [0.25, 0.3) is 11.5 Å². The van der Waals surface area contributed by atoms with Gasteiger partial charge in [0.25, 0.3) is 0 Å². The minimum atomic E-state index is -0.113. The third-order valence-electron chi connectivity index (χ3n) is 8.71. The van der Waals surface area contributed by atoms with E-state index < -0.39 is 0 Å². The van der Waals surface area contributed by atoms with Crippen LogP contribution < -0.4 is 15.5 Å². The van der Waals surface area contributed by atoms with Crippen molar-refractivity contribution in [2.45, 2.75) is 58.0 Å². The predicted octanol–water partition coefficient (Wildman–Crippen LogP) is 3.79. The Morgan fingerprint density at radius 3 is 2.65 bits per heavy atom. The van der Waals surface area contributed by atoms with E-state index in [1.165, 1.54) is 11.3 Å². The maximum Gasteiger partial charge on any atom is 0.234 e. The molecule has 212 valence electrons. The third-order valence-corrected chi connectivity index (χ3v) is 9.80. The van der Waals surface area contributed by atoms with Gasteiger partial charge in [0.2, 0.25) is 11.7 Å². The molecule has 11 heteroatoms. The van der Waals surface area contributed by atoms with Crippen LogP contribution in [0.5, 0.6) is 0 Å². The van der Waals surface area contributed by atoms with E-state index in [1.807, 2.05) is 0 Å². The standard InChI is InChI=1S/C29H39N9OS/c1-18(2)36-9-11-37(12-10-36)20-14-23(32-25(15-20)38-13-8-35(4)17-19(38)3)28-33-29(39-34-28)21-6-5-7-24-26(21)22(16-30)27(31)40-24/h14-15,18-19,21H,5-13,17,31H2,1-4H3. The smallest absolute Gasteiger partial charge is 0.234 e. The lowest BCUT2D eigenvalue weighted by molar-refractivity contribution is 0.209. The summed E-state index contributed by atoms with van der Waals surface area (Å²) in [4.78, 5) is 20.9. The number of likely N-dealkylation sites (N-methyl/N-ethyl adjacent to an activating group) is 1. The second kappa shape index (κ2) is 11.0. The van der Waals surface area contributed by atoms with E-state index in [0.717, 1.165) is 92.7 Å². The number of piperazine rings is 2. The summed E-state index contributed by atoms with van der Waals surface area (Å²) in [6.45, 7) is 13.7. The fraction of sp³-hybridized carbons (Fsp3) is 0.586. The number of hydrogen-bond acceptors (Lipinski definition) is 11. The lowest BCUT2D eigenvalue weighted by atomic mass is 9.85. The second-order valence-electron chi connectivity index (χ2n) is 11.7. The molecule has 0 bridgehead atoms. The SMILES string of the molecule is CC(C)N1CCN(c2cc(-c3noc(C4CCCc5sc(N)c(C#N)c54)n3)nc(N3CCN(C)CC3C)c2)CC1. The van der Waals surface area contributed by atoms with Gasteiger partial charge in [0.05, 0.1) is 11.5 Å². The van der Waals surface area contributed by atoms with E-state index in [9.17, 15) is 5.26 Å². The molecule has 0 radical (unpaired) electrons. The van der Waals surface area contributed by atoms with Crippen LogP contribution in [0.1, 0.15) is 61.4 Å². The van der Waals surface area contributed by atoms with Gasteiger partial charge in [-0.25, -0.2) is 4.98 Å². The Kier molecular flexibility index (Phi) is 7.42. The van der Waals surface area contributed by atoms with E-state index in [2.05, 4.69) is 70.8 Å². The van der Waals surface area contributed by atoms with E-state index >= 15 is 0 Å². The highest BCUT2D eigenvalue weighted by atomic mass is 32.1. The summed E-state index contributed by atoms with van der Waals surface area (Å²) in [6.07, 6.45) is 2.79. The second-order valence-corrected chi connectivity index (χ2v) is 12.8. The van der Waals surface area contributed by atoms with Gasteiger partial charge in [-0.3, -0.25) is 4.90 Å². The van der Waals surface area contributed by atoms with Crippen LogP contribution in [0, 0.1) is 11.3 Å². The maximum absolute atomic E-state index is 9.79. The van der Waals surface area contributed by atoms with Crippen LogP contribution >= 0.6 is 11.3 Å². The summed E-state index contributed by atoms with van der Waals surface area (Å²) < 4.78 is 5.88. The quantitative estimate of drug-likeness (QED) is 0.493. The molecule has 2 fully saturated rings. The molecule has 3 aromatic rings. The average Bonchev–Trinajstić information content (AvgIpc) is 3.57. The first-order valence-electron chi connectivity index (χ1n) is 14.4.